The first-order valence-corrected chi connectivity index (χ1v) is 17.1. The Bertz CT molecular complexity index is 1500. The summed E-state index contributed by atoms with van der Waals surface area (Å²) in [5.41, 5.74) is 1.86. The molecule has 0 amide bonds. The van der Waals surface area contributed by atoms with E-state index in [9.17, 15) is 25.9 Å². The van der Waals surface area contributed by atoms with Gasteiger partial charge in [0.05, 0.1) is 45.0 Å². The summed E-state index contributed by atoms with van der Waals surface area (Å²) in [6.45, 7) is 0.871. The summed E-state index contributed by atoms with van der Waals surface area (Å²) in [6.07, 6.45) is 2.96. The summed E-state index contributed by atoms with van der Waals surface area (Å²) in [7, 11) is -8.57. The Kier molecular flexibility index (Phi) is 8.55. The van der Waals surface area contributed by atoms with Crippen molar-refractivity contribution < 1.29 is 30.5 Å². The van der Waals surface area contributed by atoms with Gasteiger partial charge >= 0.3 is 0 Å². The van der Waals surface area contributed by atoms with E-state index in [-0.39, 0.29) is 12.8 Å². The van der Waals surface area contributed by atoms with Crippen LogP contribution in [-0.4, -0.2) is 44.0 Å². The molecule has 1 aliphatic rings. The fourth-order valence-electron chi connectivity index (χ4n) is 3.67. The van der Waals surface area contributed by atoms with Crippen molar-refractivity contribution in [2.45, 2.75) is 30.0 Å². The largest absolute Gasteiger partial charge is 0.748 e. The van der Waals surface area contributed by atoms with Crippen molar-refractivity contribution in [2.75, 3.05) is 23.0 Å². The molecule has 35 heavy (non-hydrogen) atoms. The van der Waals surface area contributed by atoms with Crippen molar-refractivity contribution in [1.82, 2.24) is 0 Å². The number of thiazole rings is 1. The van der Waals surface area contributed by atoms with Gasteiger partial charge in [-0.1, -0.05) is 34.7 Å². The smallest absolute Gasteiger partial charge is 0.265 e. The third-order valence-corrected chi connectivity index (χ3v) is 10.9. The summed E-state index contributed by atoms with van der Waals surface area (Å²) in [4.78, 5) is 2.01. The molecule has 2 aromatic heterocycles. The number of thiophene rings is 1. The summed E-state index contributed by atoms with van der Waals surface area (Å²) in [6, 6.07) is 7.56. The van der Waals surface area contributed by atoms with Crippen molar-refractivity contribution in [3.8, 4) is 0 Å². The highest BCUT2D eigenvalue weighted by atomic mass is 79.9. The molecular weight excluding hydrogens is 640 g/mol. The molecule has 0 N–H and O–H groups in total. The van der Waals surface area contributed by atoms with Crippen LogP contribution in [0.2, 0.25) is 5.02 Å². The molecule has 0 unspecified atom stereocenters. The van der Waals surface area contributed by atoms with Gasteiger partial charge in [0.2, 0.25) is 5.52 Å². The minimum Gasteiger partial charge on any atom is -0.748 e. The molecule has 0 saturated carbocycles. The molecule has 0 aliphatic carbocycles. The van der Waals surface area contributed by atoms with E-state index in [1.54, 1.807) is 40.5 Å². The van der Waals surface area contributed by atoms with Gasteiger partial charge in [0.25, 0.3) is 5.01 Å². The summed E-state index contributed by atoms with van der Waals surface area (Å²) in [5, 5.41) is 2.38. The first-order valence-electron chi connectivity index (χ1n) is 10.3. The van der Waals surface area contributed by atoms with Crippen LogP contribution >= 0.6 is 62.0 Å². The number of aromatic nitrogens is 1. The second-order valence-electron chi connectivity index (χ2n) is 7.75. The quantitative estimate of drug-likeness (QED) is 0.172. The molecule has 4 rings (SSSR count). The van der Waals surface area contributed by atoms with E-state index in [1.165, 1.54) is 0 Å². The number of fused-ring (bicyclic) bond motifs is 2. The normalized spacial score (nSPS) is 15.4. The highest BCUT2D eigenvalue weighted by Gasteiger charge is 2.30. The minimum atomic E-state index is -4.31. The Morgan fingerprint density at radius 1 is 1.03 bits per heavy atom. The minimum absolute atomic E-state index is 0.197. The number of hydrogen-bond donors (Lipinski definition) is 0. The monoisotopic (exact) mass is 657 g/mol. The molecule has 1 aromatic carbocycles. The van der Waals surface area contributed by atoms with Crippen molar-refractivity contribution in [1.29, 1.82) is 0 Å². The zero-order valence-electron chi connectivity index (χ0n) is 18.0. The van der Waals surface area contributed by atoms with E-state index < -0.39 is 31.7 Å². The first-order chi connectivity index (χ1) is 16.4. The predicted octanol–water partition coefficient (Wildman–Crippen LogP) is 4.84. The standard InChI is InChI=1S/C20H20BrClN2O6S5/c21-17-11-15-20(32-17)33-19(24(15)7-3-9-35(28,29)30)12-18-23(6-1-2-8-34(25,26)27)14-10-13(22)4-5-16(14)31-18/h4-5,10-12H,1-3,6-9H2,(H-,25,26,27,28,29,30)/p-1. The number of halogens is 2. The average molecular weight is 659 g/mol. The first kappa shape index (κ1) is 27.3. The molecule has 0 radical (unpaired) electrons. The van der Waals surface area contributed by atoms with Gasteiger partial charge in [-0.05, 0) is 47.0 Å². The number of anilines is 1. The van der Waals surface area contributed by atoms with Crippen LogP contribution < -0.4 is 9.47 Å². The summed E-state index contributed by atoms with van der Waals surface area (Å²) in [5.74, 6) is -0.847. The Hall–Kier alpha value is -0.710. The molecular formula is C20H19BrClN2O6S5-. The molecule has 0 bridgehead atoms. The Labute approximate surface area is 229 Å². The third kappa shape index (κ3) is 7.20. The lowest BCUT2D eigenvalue weighted by atomic mass is 10.3. The molecule has 3 aromatic rings. The molecule has 0 fully saturated rings. The molecule has 1 aliphatic heterocycles. The number of thioether (sulfide) groups is 1. The van der Waals surface area contributed by atoms with E-state index in [0.717, 1.165) is 33.9 Å². The molecule has 3 heterocycles. The lowest BCUT2D eigenvalue weighted by molar-refractivity contribution is -0.669. The molecule has 15 heteroatoms. The fourth-order valence-corrected chi connectivity index (χ4v) is 9.33. The molecule has 0 spiro atoms. The SMILES string of the molecule is O=S(=O)([O-])CCCC[n+]1c(C=C2Sc3sc(Br)cc3N2CCCS(=O)(=O)[O-])sc2ccc(Cl)cc21. The fraction of sp³-hybridized carbons (Fsp3) is 0.350. The summed E-state index contributed by atoms with van der Waals surface area (Å²) < 4.78 is 71.4. The van der Waals surface area contributed by atoms with Crippen LogP contribution in [0.5, 0.6) is 0 Å². The molecule has 190 valence electrons. The maximum absolute atomic E-state index is 11.1. The van der Waals surface area contributed by atoms with Crippen LogP contribution in [0.4, 0.5) is 5.69 Å². The van der Waals surface area contributed by atoms with E-state index in [4.69, 9.17) is 11.6 Å². The van der Waals surface area contributed by atoms with Crippen molar-refractivity contribution >= 4 is 104 Å². The maximum Gasteiger partial charge on any atom is 0.265 e. The van der Waals surface area contributed by atoms with E-state index in [0.29, 0.717) is 24.5 Å². The van der Waals surface area contributed by atoms with Crippen LogP contribution in [0, 0.1) is 0 Å². The maximum atomic E-state index is 11.1. The number of nitrogens with zero attached hydrogens (tertiary/aromatic N) is 2. The third-order valence-electron chi connectivity index (χ3n) is 5.15. The van der Waals surface area contributed by atoms with Crippen molar-refractivity contribution in [2.24, 2.45) is 0 Å². The zero-order chi connectivity index (χ0) is 25.4. The van der Waals surface area contributed by atoms with Gasteiger partial charge in [-0.3, -0.25) is 0 Å². The van der Waals surface area contributed by atoms with Gasteiger partial charge in [-0.25, -0.2) is 16.8 Å². The van der Waals surface area contributed by atoms with E-state index in [1.807, 2.05) is 29.2 Å². The van der Waals surface area contributed by atoms with E-state index >= 15 is 0 Å². The van der Waals surface area contributed by atoms with Gasteiger partial charge in [-0.2, -0.15) is 4.57 Å². The summed E-state index contributed by atoms with van der Waals surface area (Å²) >= 11 is 14.4. The van der Waals surface area contributed by atoms with Crippen LogP contribution in [0.25, 0.3) is 16.3 Å². The second-order valence-corrected chi connectivity index (χ2v) is 16.0. The van der Waals surface area contributed by atoms with Crippen LogP contribution in [0.15, 0.2) is 37.3 Å². The topological polar surface area (TPSA) is 122 Å². The van der Waals surface area contributed by atoms with Crippen LogP contribution in [0.1, 0.15) is 24.3 Å². The predicted molar refractivity (Wildman–Crippen MR) is 143 cm³/mol. The Morgan fingerprint density at radius 2 is 1.74 bits per heavy atom. The van der Waals surface area contributed by atoms with Gasteiger partial charge < -0.3 is 14.0 Å². The molecule has 0 atom stereocenters. The number of aryl methyl sites for hydroxylation is 1. The highest BCUT2D eigenvalue weighted by Crippen LogP contribution is 2.52. The van der Waals surface area contributed by atoms with Crippen molar-refractivity contribution in [3.05, 3.63) is 43.1 Å². The Morgan fingerprint density at radius 3 is 2.46 bits per heavy atom. The van der Waals surface area contributed by atoms with Crippen molar-refractivity contribution in [3.63, 3.8) is 0 Å². The molecule has 0 saturated heterocycles. The van der Waals surface area contributed by atoms with Crippen LogP contribution in [-0.2, 0) is 26.8 Å². The lowest BCUT2D eigenvalue weighted by Gasteiger charge is -2.20. The zero-order valence-corrected chi connectivity index (χ0v) is 24.4. The van der Waals surface area contributed by atoms with Gasteiger partial charge in [0.15, 0.2) is 6.54 Å². The Balaban J connectivity index is 1.66. The second kappa shape index (κ2) is 11.0. The molecule has 8 nitrogen and oxygen atoms in total. The van der Waals surface area contributed by atoms with Crippen LogP contribution in [0.3, 0.4) is 0 Å². The van der Waals surface area contributed by atoms with Gasteiger partial charge in [0, 0.05) is 35.6 Å². The number of unbranched alkanes of at least 4 members (excludes halogenated alkanes) is 1. The van der Waals surface area contributed by atoms with Gasteiger partial charge in [0.1, 0.15) is 4.70 Å². The lowest BCUT2D eigenvalue weighted by Crippen LogP contribution is -2.35. The number of benzene rings is 1. The number of rotatable bonds is 10. The number of hydrogen-bond acceptors (Lipinski definition) is 10. The average Bonchev–Trinajstić information content (AvgIpc) is 3.35. The van der Waals surface area contributed by atoms with E-state index in [2.05, 4.69) is 20.5 Å². The van der Waals surface area contributed by atoms with Gasteiger partial charge in [-0.15, -0.1) is 11.3 Å². The highest BCUT2D eigenvalue weighted by molar-refractivity contribution is 9.11.